The lowest BCUT2D eigenvalue weighted by atomic mass is 9.53. The fourth-order valence-electron chi connectivity index (χ4n) is 11.9. The van der Waals surface area contributed by atoms with Crippen molar-refractivity contribution in [3.05, 3.63) is 0 Å². The first-order valence-electron chi connectivity index (χ1n) is 20.1. The summed E-state index contributed by atoms with van der Waals surface area (Å²) in [5, 5.41) is 14.0. The first-order chi connectivity index (χ1) is 25.1. The van der Waals surface area contributed by atoms with Crippen LogP contribution in [0, 0.1) is 35.5 Å². The summed E-state index contributed by atoms with van der Waals surface area (Å²) >= 11 is 5.27. The van der Waals surface area contributed by atoms with Gasteiger partial charge in [0.25, 0.3) is 0 Å². The van der Waals surface area contributed by atoms with Crippen LogP contribution in [0.1, 0.15) is 103 Å². The van der Waals surface area contributed by atoms with E-state index in [1.54, 1.807) is 11.8 Å². The van der Waals surface area contributed by atoms with Crippen molar-refractivity contribution in [3.8, 4) is 0 Å². The maximum atomic E-state index is 13.8. The van der Waals surface area contributed by atoms with Crippen molar-refractivity contribution in [1.82, 2.24) is 21.3 Å². The van der Waals surface area contributed by atoms with E-state index in [-0.39, 0.29) is 67.6 Å². The van der Waals surface area contributed by atoms with Gasteiger partial charge in [0.15, 0.2) is 0 Å². The lowest BCUT2D eigenvalue weighted by Gasteiger charge is -2.57. The van der Waals surface area contributed by atoms with Gasteiger partial charge in [0.05, 0.1) is 26.1 Å². The highest BCUT2D eigenvalue weighted by molar-refractivity contribution is 8.03. The molecule has 13 heteroatoms. The Hall–Kier alpha value is -1.15. The van der Waals surface area contributed by atoms with Crippen LogP contribution >= 0.6 is 35.3 Å². The molecule has 9 fully saturated rings. The fraction of sp³-hybridized carbons (Fsp3) is 0.897. The molecule has 0 aromatic heterocycles. The van der Waals surface area contributed by atoms with Crippen molar-refractivity contribution in [3.63, 3.8) is 0 Å². The summed E-state index contributed by atoms with van der Waals surface area (Å²) in [6, 6.07) is -1.13. The van der Waals surface area contributed by atoms with Crippen LogP contribution in [0.5, 0.6) is 0 Å². The molecule has 9 aliphatic carbocycles. The average Bonchev–Trinajstić information content (AvgIpc) is 3.05. The van der Waals surface area contributed by atoms with E-state index >= 15 is 0 Å². The Balaban J connectivity index is 0.797. The zero-order valence-electron chi connectivity index (χ0n) is 31.3. The lowest BCUT2D eigenvalue weighted by molar-refractivity contribution is -0.134. The summed E-state index contributed by atoms with van der Waals surface area (Å²) in [5.74, 6) is 5.01. The third-order valence-corrected chi connectivity index (χ3v) is 17.1. The van der Waals surface area contributed by atoms with Crippen molar-refractivity contribution < 1.29 is 28.7 Å². The minimum atomic E-state index is -0.567. The van der Waals surface area contributed by atoms with Gasteiger partial charge in [-0.15, -0.1) is 0 Å². The third kappa shape index (κ3) is 9.62. The Morgan fingerprint density at radius 2 is 1.02 bits per heavy atom. The van der Waals surface area contributed by atoms with Crippen LogP contribution in [-0.2, 0) is 28.7 Å². The maximum Gasteiger partial charge on any atom is 0.243 e. The van der Waals surface area contributed by atoms with Gasteiger partial charge in [-0.05, 0) is 138 Å². The van der Waals surface area contributed by atoms with Gasteiger partial charge in [-0.25, -0.2) is 0 Å². The maximum absolute atomic E-state index is 13.8. The summed E-state index contributed by atoms with van der Waals surface area (Å²) in [6.45, 7) is 0.277. The van der Waals surface area contributed by atoms with E-state index in [4.69, 9.17) is 9.47 Å². The quantitative estimate of drug-likeness (QED) is 0.101. The van der Waals surface area contributed by atoms with Crippen LogP contribution in [-0.4, -0.2) is 101 Å². The van der Waals surface area contributed by atoms with Crippen molar-refractivity contribution in [1.29, 1.82) is 0 Å². The smallest absolute Gasteiger partial charge is 0.243 e. The van der Waals surface area contributed by atoms with Crippen molar-refractivity contribution >= 4 is 58.9 Å². The third-order valence-electron chi connectivity index (χ3n) is 13.5. The van der Waals surface area contributed by atoms with E-state index in [2.05, 4.69) is 27.5 Å². The lowest BCUT2D eigenvalue weighted by Crippen LogP contribution is -2.63. The molecular formula is C39H62N4O6S3. The Bertz CT molecular complexity index is 1230. The molecule has 9 rings (SSSR count). The van der Waals surface area contributed by atoms with Gasteiger partial charge in [-0.3, -0.25) is 19.2 Å². The molecule has 9 saturated carbocycles. The van der Waals surface area contributed by atoms with E-state index in [9.17, 15) is 19.2 Å². The van der Waals surface area contributed by atoms with Crippen molar-refractivity contribution in [2.24, 2.45) is 35.5 Å². The van der Waals surface area contributed by atoms with Crippen LogP contribution < -0.4 is 21.3 Å². The molecule has 10 nitrogen and oxygen atoms in total. The number of rotatable bonds is 20. The minimum absolute atomic E-state index is 0.0321. The van der Waals surface area contributed by atoms with Gasteiger partial charge in [0.2, 0.25) is 23.6 Å². The second kappa shape index (κ2) is 17.3. The van der Waals surface area contributed by atoms with Gasteiger partial charge in [0.1, 0.15) is 18.9 Å². The molecule has 0 aliphatic heterocycles. The highest BCUT2D eigenvalue weighted by Crippen LogP contribution is 2.56. The Morgan fingerprint density at radius 1 is 0.615 bits per heavy atom. The Kier molecular flexibility index (Phi) is 13.0. The van der Waals surface area contributed by atoms with Crippen LogP contribution in [0.4, 0.5) is 0 Å². The largest absolute Gasteiger partial charge is 0.355 e. The fourth-order valence-corrected chi connectivity index (χ4v) is 15.2. The molecule has 0 aromatic carbocycles. The Labute approximate surface area is 323 Å². The molecule has 4 atom stereocenters. The van der Waals surface area contributed by atoms with Gasteiger partial charge >= 0.3 is 0 Å². The summed E-state index contributed by atoms with van der Waals surface area (Å²) in [6.07, 6.45) is 21.1. The van der Waals surface area contributed by atoms with Crippen LogP contribution in [0.15, 0.2) is 0 Å². The summed E-state index contributed by atoms with van der Waals surface area (Å²) in [7, 11) is 0. The number of ether oxygens (including phenoxy) is 2. The van der Waals surface area contributed by atoms with Crippen molar-refractivity contribution in [2.75, 3.05) is 44.0 Å². The molecule has 4 amide bonds. The molecule has 52 heavy (non-hydrogen) atoms. The number of nitrogens with one attached hydrogen (secondary N) is 4. The predicted molar refractivity (Wildman–Crippen MR) is 209 cm³/mol. The van der Waals surface area contributed by atoms with E-state index in [1.165, 1.54) is 51.4 Å². The molecule has 8 bridgehead atoms. The van der Waals surface area contributed by atoms with E-state index in [0.29, 0.717) is 22.0 Å². The topological polar surface area (TPSA) is 135 Å². The molecule has 4 unspecified atom stereocenters. The van der Waals surface area contributed by atoms with Crippen LogP contribution in [0.25, 0.3) is 0 Å². The van der Waals surface area contributed by atoms with Gasteiger partial charge in [-0.1, -0.05) is 0 Å². The number of carbonyl (C=O) groups excluding carboxylic acids is 4. The highest BCUT2D eigenvalue weighted by Gasteiger charge is 2.53. The van der Waals surface area contributed by atoms with Crippen molar-refractivity contribution in [2.45, 2.75) is 136 Å². The second-order valence-electron chi connectivity index (χ2n) is 17.7. The second-order valence-corrected chi connectivity index (χ2v) is 21.0. The van der Waals surface area contributed by atoms with Gasteiger partial charge in [0, 0.05) is 33.1 Å². The normalized spacial score (nSPS) is 37.6. The first-order valence-corrected chi connectivity index (χ1v) is 23.9. The predicted octanol–water partition coefficient (Wildman–Crippen LogP) is 4.89. The minimum Gasteiger partial charge on any atom is -0.355 e. The number of amides is 4. The van der Waals surface area contributed by atoms with Crippen LogP contribution in [0.2, 0.25) is 0 Å². The van der Waals surface area contributed by atoms with E-state index in [0.717, 1.165) is 74.0 Å². The SMILES string of the molecule is CSCC(NC(=O)CCOCOCCC(=O)NC(CSC1CCC1SC)C(=O)NC12CC3CC(CC(C3)C1)C2)C(=O)NC12CC3CC(CC(C3)C1)C2. The van der Waals surface area contributed by atoms with E-state index < -0.39 is 12.1 Å². The molecule has 0 heterocycles. The number of thioether (sulfide) groups is 3. The average molecular weight is 779 g/mol. The molecule has 0 aromatic rings. The molecular weight excluding hydrogens is 717 g/mol. The van der Waals surface area contributed by atoms with Crippen LogP contribution in [0.3, 0.4) is 0 Å². The molecule has 292 valence electrons. The number of carbonyl (C=O) groups is 4. The zero-order valence-corrected chi connectivity index (χ0v) is 33.7. The number of hydrogen-bond donors (Lipinski definition) is 4. The summed E-state index contributed by atoms with van der Waals surface area (Å²) in [5.41, 5.74) is -0.177. The molecule has 0 spiro atoms. The van der Waals surface area contributed by atoms with Gasteiger partial charge in [-0.2, -0.15) is 35.3 Å². The highest BCUT2D eigenvalue weighted by atomic mass is 32.2. The summed E-state index contributed by atoms with van der Waals surface area (Å²) in [4.78, 5) is 53.0. The molecule has 0 radical (unpaired) electrons. The zero-order chi connectivity index (χ0) is 36.3. The molecule has 9 aliphatic rings. The monoisotopic (exact) mass is 778 g/mol. The van der Waals surface area contributed by atoms with E-state index in [1.807, 2.05) is 29.8 Å². The van der Waals surface area contributed by atoms with Gasteiger partial charge < -0.3 is 30.7 Å². The molecule has 4 N–H and O–H groups in total. The molecule has 0 saturated heterocycles. The Morgan fingerprint density at radius 3 is 1.38 bits per heavy atom. The summed E-state index contributed by atoms with van der Waals surface area (Å²) < 4.78 is 11.1. The first kappa shape index (κ1) is 39.1. The number of hydrogen-bond acceptors (Lipinski definition) is 9. The standard InChI is InChI=1S/C39H62N4O6S3/c1-50-21-30(36(46)42-38-15-24-9-25(16-38)11-26(10-24)17-38)40-34(44)5-7-48-23-49-8-6-35(45)41-31(22-52-33-4-3-32(33)51-2)37(47)43-39-18-27-12-28(19-39)14-29(13-27)20-39/h24-33H,3-23H2,1-2H3,(H,40,44)(H,41,45)(H,42,46)(H,43,47).